The lowest BCUT2D eigenvalue weighted by Gasteiger charge is -2.16. The smallest absolute Gasteiger partial charge is 0.336 e. The zero-order valence-corrected chi connectivity index (χ0v) is 11.8. The first-order valence-electron chi connectivity index (χ1n) is 6.65. The molecule has 1 aliphatic rings. The average molecular weight is 263 g/mol. The van der Waals surface area contributed by atoms with Crippen molar-refractivity contribution in [2.75, 3.05) is 27.2 Å². The first kappa shape index (κ1) is 14.0. The second kappa shape index (κ2) is 6.17. The summed E-state index contributed by atoms with van der Waals surface area (Å²) in [4.78, 5) is 13.5. The third-order valence-corrected chi connectivity index (χ3v) is 3.21. The number of fused-ring (bicyclic) bond motifs is 1. The van der Waals surface area contributed by atoms with Crippen molar-refractivity contribution in [3.63, 3.8) is 0 Å². The van der Waals surface area contributed by atoms with E-state index in [9.17, 15) is 4.79 Å². The molecule has 0 spiro atoms. The van der Waals surface area contributed by atoms with E-state index in [2.05, 4.69) is 11.0 Å². The fraction of sp³-hybridized carbons (Fsp3) is 0.533. The predicted octanol–water partition coefficient (Wildman–Crippen LogP) is 0.250. The van der Waals surface area contributed by atoms with Crippen molar-refractivity contribution < 1.29 is 9.15 Å². The Hall–Kier alpha value is -1.39. The van der Waals surface area contributed by atoms with Crippen LogP contribution in [0.15, 0.2) is 15.3 Å². The van der Waals surface area contributed by atoms with Crippen LogP contribution in [0, 0.1) is 6.92 Å². The molecule has 0 aliphatic heterocycles. The van der Waals surface area contributed by atoms with Gasteiger partial charge in [-0.2, -0.15) is 0 Å². The molecule has 19 heavy (non-hydrogen) atoms. The summed E-state index contributed by atoms with van der Waals surface area (Å²) in [6, 6.07) is 1.53. The van der Waals surface area contributed by atoms with Gasteiger partial charge in [-0.3, -0.25) is 0 Å². The molecule has 4 heteroatoms. The number of nitrogens with zero attached hydrogens (tertiary/aromatic N) is 1. The Morgan fingerprint density at radius 1 is 1.47 bits per heavy atom. The molecule has 0 fully saturated rings. The van der Waals surface area contributed by atoms with Crippen LogP contribution in [0.3, 0.4) is 0 Å². The van der Waals surface area contributed by atoms with Crippen molar-refractivity contribution in [1.82, 2.24) is 4.90 Å². The third-order valence-electron chi connectivity index (χ3n) is 3.21. The van der Waals surface area contributed by atoms with Gasteiger partial charge in [0.1, 0.15) is 5.42 Å². The zero-order valence-electron chi connectivity index (χ0n) is 11.8. The molecule has 0 bridgehead atoms. The predicted molar refractivity (Wildman–Crippen MR) is 75.4 cm³/mol. The highest BCUT2D eigenvalue weighted by Gasteiger charge is 2.10. The Morgan fingerprint density at radius 3 is 3.00 bits per heavy atom. The van der Waals surface area contributed by atoms with Crippen LogP contribution in [-0.4, -0.2) is 38.3 Å². The Labute approximate surface area is 113 Å². The van der Waals surface area contributed by atoms with Gasteiger partial charge in [-0.05, 0) is 52.0 Å². The van der Waals surface area contributed by atoms with Gasteiger partial charge in [0.15, 0.2) is 0 Å². The number of aryl methyl sites for hydroxylation is 1. The largest absolute Gasteiger partial charge is 0.423 e. The standard InChI is InChI=1S/C15H21NO3/c1-11-9-15(17)19-14-10-12(5-6-13(11)14)18-8-4-7-16(2)3/h6,9-10,12H,4-5,7-8H2,1-3H3. The maximum atomic E-state index is 11.4. The molecule has 2 rings (SSSR count). The molecule has 0 amide bonds. The quantitative estimate of drug-likeness (QED) is 0.714. The lowest BCUT2D eigenvalue weighted by Crippen LogP contribution is -2.36. The summed E-state index contributed by atoms with van der Waals surface area (Å²) >= 11 is 0. The Balaban J connectivity index is 2.04. The van der Waals surface area contributed by atoms with E-state index in [1.165, 1.54) is 6.07 Å². The lowest BCUT2D eigenvalue weighted by molar-refractivity contribution is 0.0912. The summed E-state index contributed by atoms with van der Waals surface area (Å²) in [5.41, 5.74) is 1.32. The van der Waals surface area contributed by atoms with Gasteiger partial charge in [-0.25, -0.2) is 4.79 Å². The van der Waals surface area contributed by atoms with Crippen molar-refractivity contribution in [2.24, 2.45) is 0 Å². The van der Waals surface area contributed by atoms with Crippen LogP contribution in [0.2, 0.25) is 0 Å². The summed E-state index contributed by atoms with van der Waals surface area (Å²) in [6.45, 7) is 3.66. The number of hydrogen-bond donors (Lipinski definition) is 0. The minimum absolute atomic E-state index is 0.0135. The molecule has 0 saturated carbocycles. The molecule has 104 valence electrons. The summed E-state index contributed by atoms with van der Waals surface area (Å²) < 4.78 is 11.0. The first-order valence-corrected chi connectivity index (χ1v) is 6.65. The van der Waals surface area contributed by atoms with Crippen LogP contribution in [0.25, 0.3) is 12.2 Å². The molecule has 0 aromatic carbocycles. The fourth-order valence-corrected chi connectivity index (χ4v) is 2.23. The molecule has 1 aromatic rings. The van der Waals surface area contributed by atoms with E-state index in [-0.39, 0.29) is 11.7 Å². The van der Waals surface area contributed by atoms with E-state index in [4.69, 9.17) is 9.15 Å². The second-order valence-corrected chi connectivity index (χ2v) is 5.20. The maximum absolute atomic E-state index is 11.4. The van der Waals surface area contributed by atoms with Crippen LogP contribution in [-0.2, 0) is 4.74 Å². The highest BCUT2D eigenvalue weighted by atomic mass is 16.5. The minimum atomic E-state index is -0.297. The zero-order chi connectivity index (χ0) is 13.8. The SMILES string of the molecule is Cc1cc(=O)oc2c1=CCC(OCCCN(C)C)C=2. The van der Waals surface area contributed by atoms with E-state index < -0.39 is 0 Å². The number of rotatable bonds is 5. The first-order chi connectivity index (χ1) is 9.06. The van der Waals surface area contributed by atoms with E-state index in [1.54, 1.807) is 0 Å². The molecule has 1 unspecified atom stereocenters. The van der Waals surface area contributed by atoms with Crippen LogP contribution in [0.5, 0.6) is 0 Å². The van der Waals surface area contributed by atoms with Crippen LogP contribution < -0.4 is 16.3 Å². The topological polar surface area (TPSA) is 42.7 Å². The van der Waals surface area contributed by atoms with Crippen LogP contribution in [0.1, 0.15) is 18.4 Å². The maximum Gasteiger partial charge on any atom is 0.336 e. The normalized spacial score (nSPS) is 17.8. The van der Waals surface area contributed by atoms with Gasteiger partial charge < -0.3 is 14.1 Å². The highest BCUT2D eigenvalue weighted by Crippen LogP contribution is 2.05. The molecule has 0 N–H and O–H groups in total. The van der Waals surface area contributed by atoms with Crippen LogP contribution in [0.4, 0.5) is 0 Å². The molecule has 1 heterocycles. The minimum Gasteiger partial charge on any atom is -0.423 e. The van der Waals surface area contributed by atoms with Crippen molar-refractivity contribution >= 4 is 12.2 Å². The summed E-state index contributed by atoms with van der Waals surface area (Å²) in [7, 11) is 4.10. The van der Waals surface area contributed by atoms with Crippen molar-refractivity contribution in [3.05, 3.63) is 32.7 Å². The highest BCUT2D eigenvalue weighted by molar-refractivity contribution is 5.41. The Bertz CT molecular complexity index is 601. The Kier molecular flexibility index (Phi) is 4.56. The van der Waals surface area contributed by atoms with Gasteiger partial charge in [0.05, 0.1) is 6.10 Å². The number of ether oxygens (including phenoxy) is 1. The van der Waals surface area contributed by atoms with Gasteiger partial charge in [0.25, 0.3) is 0 Å². The lowest BCUT2D eigenvalue weighted by atomic mass is 10.1. The van der Waals surface area contributed by atoms with Gasteiger partial charge in [-0.1, -0.05) is 6.08 Å². The summed E-state index contributed by atoms with van der Waals surface area (Å²) in [6.07, 6.45) is 5.86. The molecule has 4 nitrogen and oxygen atoms in total. The molecule has 0 saturated heterocycles. The van der Waals surface area contributed by atoms with Gasteiger partial charge >= 0.3 is 5.63 Å². The van der Waals surface area contributed by atoms with Gasteiger partial charge in [-0.15, -0.1) is 0 Å². The van der Waals surface area contributed by atoms with Gasteiger partial charge in [0.2, 0.25) is 0 Å². The van der Waals surface area contributed by atoms with E-state index >= 15 is 0 Å². The molecule has 1 aliphatic carbocycles. The molecular formula is C15H21NO3. The molecule has 1 atom stereocenters. The van der Waals surface area contributed by atoms with E-state index in [0.717, 1.165) is 36.8 Å². The van der Waals surface area contributed by atoms with Crippen molar-refractivity contribution in [2.45, 2.75) is 25.9 Å². The van der Waals surface area contributed by atoms with Gasteiger partial charge in [0, 0.05) is 17.9 Å². The fourth-order valence-electron chi connectivity index (χ4n) is 2.23. The second-order valence-electron chi connectivity index (χ2n) is 5.20. The van der Waals surface area contributed by atoms with Crippen LogP contribution >= 0.6 is 0 Å². The monoisotopic (exact) mass is 263 g/mol. The molecule has 1 aromatic heterocycles. The summed E-state index contributed by atoms with van der Waals surface area (Å²) in [5.74, 6) is 0. The summed E-state index contributed by atoms with van der Waals surface area (Å²) in [5, 5.41) is 1.02. The Morgan fingerprint density at radius 2 is 2.26 bits per heavy atom. The van der Waals surface area contributed by atoms with E-state index in [0.29, 0.717) is 5.42 Å². The number of hydrogen-bond acceptors (Lipinski definition) is 4. The van der Waals surface area contributed by atoms with Crippen molar-refractivity contribution in [1.29, 1.82) is 0 Å². The third kappa shape index (κ3) is 3.78. The molecular weight excluding hydrogens is 242 g/mol. The van der Waals surface area contributed by atoms with Crippen molar-refractivity contribution in [3.8, 4) is 0 Å². The molecule has 0 radical (unpaired) electrons. The van der Waals surface area contributed by atoms with E-state index in [1.807, 2.05) is 27.1 Å². The average Bonchev–Trinajstić information content (AvgIpc) is 2.33.